The molecule has 0 aromatic rings. The lowest BCUT2D eigenvalue weighted by Gasteiger charge is -2.17. The molecule has 0 aliphatic rings. The molecular weight excluding hydrogens is 340 g/mol. The molecule has 0 bridgehead atoms. The maximum atomic E-state index is 12.0. The molecule has 0 aromatic carbocycles. The van der Waals surface area contributed by atoms with Gasteiger partial charge in [-0.2, -0.15) is 12.6 Å². The van der Waals surface area contributed by atoms with Crippen molar-refractivity contribution in [3.05, 3.63) is 0 Å². The average molecular weight is 358 g/mol. The third-order valence-corrected chi connectivity index (χ3v) is 4.32. The van der Waals surface area contributed by atoms with Crippen LogP contribution in [0.2, 0.25) is 0 Å². The smallest absolute Gasteiger partial charge is 0.287 e. The standard InChI is InChI=1S/C9H18F3O7PS/c1-3-5-16-20(13,17-6-4-2)18-7-8-21(14,15)19-9(10,11)12/h3-8H2,1-2H3. The molecule has 0 amide bonds. The average Bonchev–Trinajstić information content (AvgIpc) is 2.31. The van der Waals surface area contributed by atoms with Crippen molar-refractivity contribution in [2.45, 2.75) is 33.1 Å². The van der Waals surface area contributed by atoms with Gasteiger partial charge in [-0.05, 0) is 12.8 Å². The molecule has 21 heavy (non-hydrogen) atoms. The van der Waals surface area contributed by atoms with Crippen molar-refractivity contribution in [3.8, 4) is 0 Å². The molecule has 0 aliphatic heterocycles. The van der Waals surface area contributed by atoms with E-state index in [1.54, 1.807) is 13.8 Å². The van der Waals surface area contributed by atoms with Gasteiger partial charge in [0.15, 0.2) is 0 Å². The SMILES string of the molecule is CCCOP(=O)(OCCC)OCCS(=O)(=O)OC(F)(F)F. The van der Waals surface area contributed by atoms with Crippen molar-refractivity contribution in [1.82, 2.24) is 0 Å². The largest absolute Gasteiger partial charge is 0.537 e. The maximum absolute atomic E-state index is 12.0. The zero-order chi connectivity index (χ0) is 16.6. The van der Waals surface area contributed by atoms with Crippen LogP contribution in [0.1, 0.15) is 26.7 Å². The Hall–Kier alpha value is -0.190. The number of hydrogen-bond acceptors (Lipinski definition) is 7. The van der Waals surface area contributed by atoms with Crippen molar-refractivity contribution >= 4 is 17.9 Å². The van der Waals surface area contributed by atoms with Gasteiger partial charge in [0.1, 0.15) is 0 Å². The summed E-state index contributed by atoms with van der Waals surface area (Å²) in [7, 11) is -8.88. The number of phosphoric ester groups is 1. The Morgan fingerprint density at radius 2 is 1.38 bits per heavy atom. The summed E-state index contributed by atoms with van der Waals surface area (Å²) in [4.78, 5) is 0. The highest BCUT2D eigenvalue weighted by Crippen LogP contribution is 2.49. The van der Waals surface area contributed by atoms with Crippen molar-refractivity contribution in [1.29, 1.82) is 0 Å². The van der Waals surface area contributed by atoms with Gasteiger partial charge in [-0.15, -0.1) is 13.2 Å². The van der Waals surface area contributed by atoms with Crippen LogP contribution in [0, 0.1) is 0 Å². The first-order chi connectivity index (χ1) is 9.54. The van der Waals surface area contributed by atoms with E-state index in [-0.39, 0.29) is 13.2 Å². The molecule has 0 aliphatic carbocycles. The van der Waals surface area contributed by atoms with Crippen LogP contribution in [0.5, 0.6) is 0 Å². The summed E-state index contributed by atoms with van der Waals surface area (Å²) in [5.41, 5.74) is 0. The van der Waals surface area contributed by atoms with Crippen LogP contribution < -0.4 is 0 Å². The number of rotatable bonds is 11. The van der Waals surface area contributed by atoms with Gasteiger partial charge in [-0.1, -0.05) is 13.8 Å². The molecule has 0 saturated carbocycles. The fraction of sp³-hybridized carbons (Fsp3) is 1.00. The van der Waals surface area contributed by atoms with E-state index in [4.69, 9.17) is 9.05 Å². The lowest BCUT2D eigenvalue weighted by Crippen LogP contribution is -2.24. The molecule has 0 fully saturated rings. The summed E-state index contributed by atoms with van der Waals surface area (Å²) in [5, 5.41) is 0. The minimum atomic E-state index is -5.32. The molecule has 128 valence electrons. The minimum Gasteiger partial charge on any atom is -0.287 e. The Morgan fingerprint density at radius 1 is 0.952 bits per heavy atom. The zero-order valence-corrected chi connectivity index (χ0v) is 13.3. The maximum Gasteiger partial charge on any atom is 0.537 e. The normalized spacial score (nSPS) is 13.6. The number of alkyl halides is 3. The highest BCUT2D eigenvalue weighted by Gasteiger charge is 2.37. The van der Waals surface area contributed by atoms with Crippen LogP contribution >= 0.6 is 7.82 Å². The predicted molar refractivity (Wildman–Crippen MR) is 67.0 cm³/mol. The highest BCUT2D eigenvalue weighted by molar-refractivity contribution is 7.86. The summed E-state index contributed by atoms with van der Waals surface area (Å²) in [5.74, 6) is -1.14. The Morgan fingerprint density at radius 3 is 1.76 bits per heavy atom. The first-order valence-electron chi connectivity index (χ1n) is 6.07. The molecule has 0 rings (SSSR count). The Kier molecular flexibility index (Phi) is 8.98. The van der Waals surface area contributed by atoms with Crippen molar-refractivity contribution < 1.29 is 43.9 Å². The molecule has 0 spiro atoms. The monoisotopic (exact) mass is 358 g/mol. The van der Waals surface area contributed by atoms with Gasteiger partial charge in [-0.3, -0.25) is 13.6 Å². The topological polar surface area (TPSA) is 88.1 Å². The van der Waals surface area contributed by atoms with Crippen molar-refractivity contribution in [2.75, 3.05) is 25.6 Å². The second-order valence-corrected chi connectivity index (χ2v) is 7.10. The number of phosphoric acid groups is 1. The van der Waals surface area contributed by atoms with E-state index in [9.17, 15) is 26.2 Å². The fourth-order valence-corrected chi connectivity index (χ4v) is 3.09. The van der Waals surface area contributed by atoms with E-state index in [0.29, 0.717) is 12.8 Å². The summed E-state index contributed by atoms with van der Waals surface area (Å²) in [6.45, 7) is 2.71. The summed E-state index contributed by atoms with van der Waals surface area (Å²) >= 11 is 0. The van der Waals surface area contributed by atoms with Gasteiger partial charge < -0.3 is 0 Å². The van der Waals surface area contributed by atoms with Gasteiger partial charge in [0, 0.05) is 0 Å². The summed E-state index contributed by atoms with van der Waals surface area (Å²) in [6, 6.07) is 0. The highest BCUT2D eigenvalue weighted by atomic mass is 32.2. The molecular formula is C9H18F3O7PS. The van der Waals surface area contributed by atoms with Crippen molar-refractivity contribution in [3.63, 3.8) is 0 Å². The zero-order valence-electron chi connectivity index (χ0n) is 11.6. The van der Waals surface area contributed by atoms with E-state index in [1.165, 1.54) is 0 Å². The molecule has 0 N–H and O–H groups in total. The Labute approximate surface area is 121 Å². The summed E-state index contributed by atoms with van der Waals surface area (Å²) < 4.78 is 86.6. The second-order valence-electron chi connectivity index (χ2n) is 3.74. The lowest BCUT2D eigenvalue weighted by atomic mass is 10.5. The fourth-order valence-electron chi connectivity index (χ4n) is 0.955. The number of hydrogen-bond donors (Lipinski definition) is 0. The van der Waals surface area contributed by atoms with Crippen LogP contribution in [0.3, 0.4) is 0 Å². The first-order valence-corrected chi connectivity index (χ1v) is 9.11. The number of halogens is 3. The van der Waals surface area contributed by atoms with Gasteiger partial charge >= 0.3 is 14.2 Å². The third-order valence-electron chi connectivity index (χ3n) is 1.71. The molecule has 0 aromatic heterocycles. The van der Waals surface area contributed by atoms with Crippen LogP contribution in [0.4, 0.5) is 13.2 Å². The van der Waals surface area contributed by atoms with Crippen LogP contribution in [-0.2, 0) is 32.4 Å². The Balaban J connectivity index is 4.45. The first kappa shape index (κ1) is 20.8. The van der Waals surface area contributed by atoms with E-state index >= 15 is 0 Å². The van der Waals surface area contributed by atoms with Gasteiger partial charge in [0.05, 0.1) is 25.6 Å². The second kappa shape index (κ2) is 9.06. The van der Waals surface area contributed by atoms with Crippen LogP contribution in [0.15, 0.2) is 0 Å². The van der Waals surface area contributed by atoms with Crippen LogP contribution in [-0.4, -0.2) is 40.4 Å². The van der Waals surface area contributed by atoms with Crippen LogP contribution in [0.25, 0.3) is 0 Å². The molecule has 0 radical (unpaired) electrons. The molecule has 0 saturated heterocycles. The van der Waals surface area contributed by atoms with E-state index in [0.717, 1.165) is 0 Å². The van der Waals surface area contributed by atoms with Gasteiger partial charge in [-0.25, -0.2) is 4.57 Å². The molecule has 7 nitrogen and oxygen atoms in total. The quantitative estimate of drug-likeness (QED) is 0.414. The van der Waals surface area contributed by atoms with E-state index in [1.807, 2.05) is 0 Å². The summed E-state index contributed by atoms with van der Waals surface area (Å²) in [6.07, 6.45) is -4.32. The molecule has 0 atom stereocenters. The Bertz CT molecular complexity index is 425. The van der Waals surface area contributed by atoms with Gasteiger partial charge in [0.2, 0.25) is 0 Å². The lowest BCUT2D eigenvalue weighted by molar-refractivity contribution is -0.271. The minimum absolute atomic E-state index is 0.0345. The van der Waals surface area contributed by atoms with E-state index in [2.05, 4.69) is 8.71 Å². The third kappa shape index (κ3) is 11.1. The predicted octanol–water partition coefficient (Wildman–Crippen LogP) is 2.83. The van der Waals surface area contributed by atoms with E-state index < -0.39 is 36.7 Å². The molecule has 12 heteroatoms. The van der Waals surface area contributed by atoms with Crippen molar-refractivity contribution in [2.24, 2.45) is 0 Å². The van der Waals surface area contributed by atoms with Gasteiger partial charge in [0.25, 0.3) is 10.1 Å². The molecule has 0 unspecified atom stereocenters. The molecule has 0 heterocycles.